The van der Waals surface area contributed by atoms with Crippen LogP contribution in [0.15, 0.2) is 63.1 Å². The van der Waals surface area contributed by atoms with Crippen LogP contribution in [0.3, 0.4) is 0 Å². The minimum atomic E-state index is -1.12. The van der Waals surface area contributed by atoms with E-state index in [2.05, 4.69) is 9.98 Å². The molecule has 0 fully saturated rings. The number of rotatable bonds is 3. The molecule has 1 aliphatic heterocycles. The molecule has 8 heteroatoms. The zero-order chi connectivity index (χ0) is 20.7. The van der Waals surface area contributed by atoms with Gasteiger partial charge in [-0.3, -0.25) is 14.8 Å². The third-order valence-corrected chi connectivity index (χ3v) is 4.65. The number of para-hydroxylation sites is 1. The predicted molar refractivity (Wildman–Crippen MR) is 108 cm³/mol. The van der Waals surface area contributed by atoms with Crippen molar-refractivity contribution >= 4 is 29.0 Å². The molecule has 2 aromatic carbocycles. The lowest BCUT2D eigenvalue weighted by molar-refractivity contribution is 0.0697. The second-order valence-corrected chi connectivity index (χ2v) is 6.46. The maximum absolute atomic E-state index is 12.4. The lowest BCUT2D eigenvalue weighted by atomic mass is 10.0. The van der Waals surface area contributed by atoms with E-state index < -0.39 is 23.1 Å². The molecule has 2 heterocycles. The van der Waals surface area contributed by atoms with Gasteiger partial charge in [-0.05, 0) is 43.3 Å². The molecule has 1 aliphatic rings. The number of carboxylic acids is 1. The number of aromatic nitrogens is 2. The summed E-state index contributed by atoms with van der Waals surface area (Å²) in [6.07, 6.45) is 1.49. The monoisotopic (exact) mass is 389 g/mol. The van der Waals surface area contributed by atoms with Crippen molar-refractivity contribution in [3.05, 3.63) is 86.1 Å². The number of aromatic carboxylic acids is 1. The second-order valence-electron chi connectivity index (χ2n) is 6.46. The van der Waals surface area contributed by atoms with Gasteiger partial charge in [0.05, 0.1) is 16.9 Å². The van der Waals surface area contributed by atoms with Crippen molar-refractivity contribution in [2.45, 2.75) is 6.92 Å². The lowest BCUT2D eigenvalue weighted by Crippen LogP contribution is -2.30. The molecule has 0 saturated carbocycles. The van der Waals surface area contributed by atoms with Crippen LogP contribution in [0.5, 0.6) is 5.88 Å². The van der Waals surface area contributed by atoms with Gasteiger partial charge in [-0.15, -0.1) is 0 Å². The molecule has 0 radical (unpaired) electrons. The van der Waals surface area contributed by atoms with E-state index in [1.54, 1.807) is 6.92 Å². The van der Waals surface area contributed by atoms with Gasteiger partial charge >= 0.3 is 11.7 Å². The first-order valence-electron chi connectivity index (χ1n) is 8.65. The zero-order valence-electron chi connectivity index (χ0n) is 15.2. The fraction of sp³-hybridized carbons (Fsp3) is 0.0476. The molecule has 4 rings (SSSR count). The molecule has 0 amide bonds. The highest BCUT2D eigenvalue weighted by molar-refractivity contribution is 6.31. The first-order valence-corrected chi connectivity index (χ1v) is 8.65. The summed E-state index contributed by atoms with van der Waals surface area (Å²) in [5.41, 5.74) is 1.46. The highest BCUT2D eigenvalue weighted by Gasteiger charge is 2.20. The van der Waals surface area contributed by atoms with Crippen molar-refractivity contribution < 1.29 is 15.0 Å². The van der Waals surface area contributed by atoms with Crippen molar-refractivity contribution in [3.8, 4) is 11.6 Å². The Morgan fingerprint density at radius 2 is 1.79 bits per heavy atom. The maximum Gasteiger partial charge on any atom is 0.335 e. The van der Waals surface area contributed by atoms with E-state index in [0.717, 1.165) is 15.8 Å². The van der Waals surface area contributed by atoms with Gasteiger partial charge < -0.3 is 10.2 Å². The fourth-order valence-electron chi connectivity index (χ4n) is 3.22. The average Bonchev–Trinajstić information content (AvgIpc) is 3.00. The molecule has 0 saturated heterocycles. The summed E-state index contributed by atoms with van der Waals surface area (Å²) >= 11 is 0. The Bertz CT molecular complexity index is 1330. The van der Waals surface area contributed by atoms with E-state index in [1.807, 2.05) is 24.3 Å². The van der Waals surface area contributed by atoms with E-state index in [-0.39, 0.29) is 16.8 Å². The fourth-order valence-corrected chi connectivity index (χ4v) is 3.22. The van der Waals surface area contributed by atoms with Crippen LogP contribution in [0.1, 0.15) is 28.4 Å². The largest absolute Gasteiger partial charge is 0.494 e. The molecular formula is C21H15N3O5. The highest BCUT2D eigenvalue weighted by atomic mass is 16.4. The van der Waals surface area contributed by atoms with E-state index >= 15 is 0 Å². The Labute approximate surface area is 163 Å². The average molecular weight is 389 g/mol. The quantitative estimate of drug-likeness (QED) is 0.635. The molecule has 0 spiro atoms. The number of carbonyl (C=O) groups is 1. The van der Waals surface area contributed by atoms with Gasteiger partial charge in [0.25, 0.3) is 5.56 Å². The third-order valence-electron chi connectivity index (χ3n) is 4.65. The van der Waals surface area contributed by atoms with Gasteiger partial charge in [-0.2, -0.15) is 0 Å². The Balaban J connectivity index is 1.90. The number of nitrogens with one attached hydrogen (secondary N) is 1. The molecular weight excluding hydrogens is 374 g/mol. The van der Waals surface area contributed by atoms with Gasteiger partial charge in [0.1, 0.15) is 5.56 Å². The Hall–Kier alpha value is -4.20. The molecule has 144 valence electrons. The SMILES string of the molecule is CC1=Nc2ccccc2C1=Cc1c(O)n(-c2ccc(C(=O)O)cc2)c(=O)[nH]c1=O. The molecule has 8 nitrogen and oxygen atoms in total. The normalized spacial score (nSPS) is 14.0. The van der Waals surface area contributed by atoms with Crippen LogP contribution >= 0.6 is 0 Å². The number of fused-ring (bicyclic) bond motifs is 1. The molecule has 0 unspecified atom stereocenters. The van der Waals surface area contributed by atoms with Crippen molar-refractivity contribution in [1.29, 1.82) is 0 Å². The molecule has 3 N–H and O–H groups in total. The minimum absolute atomic E-state index is 0.0300. The summed E-state index contributed by atoms with van der Waals surface area (Å²) in [6, 6.07) is 12.7. The number of carboxylic acid groups (broad SMARTS) is 1. The maximum atomic E-state index is 12.4. The summed E-state index contributed by atoms with van der Waals surface area (Å²) in [5, 5.41) is 19.7. The second kappa shape index (κ2) is 6.75. The number of nitrogens with zero attached hydrogens (tertiary/aromatic N) is 2. The molecule has 0 atom stereocenters. The van der Waals surface area contributed by atoms with Crippen LogP contribution in [0.2, 0.25) is 0 Å². The number of aliphatic imine (C=N–C) groups is 1. The molecule has 0 bridgehead atoms. The minimum Gasteiger partial charge on any atom is -0.494 e. The van der Waals surface area contributed by atoms with Crippen molar-refractivity contribution in [2.24, 2.45) is 4.99 Å². The zero-order valence-corrected chi connectivity index (χ0v) is 15.2. The van der Waals surface area contributed by atoms with E-state index in [9.17, 15) is 19.5 Å². The van der Waals surface area contributed by atoms with Gasteiger partial charge in [0, 0.05) is 16.8 Å². The molecule has 1 aromatic heterocycles. The van der Waals surface area contributed by atoms with E-state index in [1.165, 1.54) is 30.3 Å². The summed E-state index contributed by atoms with van der Waals surface area (Å²) < 4.78 is 0.909. The summed E-state index contributed by atoms with van der Waals surface area (Å²) in [6.45, 7) is 1.79. The van der Waals surface area contributed by atoms with Crippen molar-refractivity contribution in [1.82, 2.24) is 9.55 Å². The number of benzene rings is 2. The predicted octanol–water partition coefficient (Wildman–Crippen LogP) is 2.58. The Kier molecular flexibility index (Phi) is 4.23. The van der Waals surface area contributed by atoms with Gasteiger partial charge in [-0.1, -0.05) is 18.2 Å². The van der Waals surface area contributed by atoms with Gasteiger partial charge in [-0.25, -0.2) is 14.2 Å². The molecule has 3 aromatic rings. The van der Waals surface area contributed by atoms with Crippen LogP contribution in [0.4, 0.5) is 5.69 Å². The number of H-pyrrole nitrogens is 1. The first kappa shape index (κ1) is 18.2. The van der Waals surface area contributed by atoms with Crippen LogP contribution in [0.25, 0.3) is 17.3 Å². The van der Waals surface area contributed by atoms with Crippen LogP contribution in [-0.4, -0.2) is 31.4 Å². The number of hydrogen-bond donors (Lipinski definition) is 3. The van der Waals surface area contributed by atoms with Crippen molar-refractivity contribution in [2.75, 3.05) is 0 Å². The van der Waals surface area contributed by atoms with Gasteiger partial charge in [0.2, 0.25) is 5.88 Å². The summed E-state index contributed by atoms with van der Waals surface area (Å²) in [5.74, 6) is -1.67. The Morgan fingerprint density at radius 3 is 2.48 bits per heavy atom. The van der Waals surface area contributed by atoms with E-state index in [4.69, 9.17) is 5.11 Å². The first-order chi connectivity index (χ1) is 13.9. The van der Waals surface area contributed by atoms with E-state index in [0.29, 0.717) is 11.3 Å². The number of allylic oxidation sites excluding steroid dienone is 1. The summed E-state index contributed by atoms with van der Waals surface area (Å²) in [7, 11) is 0. The van der Waals surface area contributed by atoms with Crippen molar-refractivity contribution in [3.63, 3.8) is 0 Å². The standard InChI is InChI=1S/C21H15N3O5/c1-11-15(14-4-2-3-5-17(14)22-11)10-16-18(25)23-21(29)24(19(16)26)13-8-6-12(7-9-13)20(27)28/h2-10,26H,1H3,(H,27,28)(H,23,25,29). The van der Waals surface area contributed by atoms with Crippen LogP contribution in [-0.2, 0) is 0 Å². The van der Waals surface area contributed by atoms with Gasteiger partial charge in [0.15, 0.2) is 0 Å². The molecule has 0 aliphatic carbocycles. The lowest BCUT2D eigenvalue weighted by Gasteiger charge is -2.11. The number of hydrogen-bond acceptors (Lipinski definition) is 5. The third kappa shape index (κ3) is 3.06. The topological polar surface area (TPSA) is 125 Å². The highest BCUT2D eigenvalue weighted by Crippen LogP contribution is 2.36. The smallest absolute Gasteiger partial charge is 0.335 e. The number of aromatic hydroxyl groups is 1. The van der Waals surface area contributed by atoms with Crippen LogP contribution < -0.4 is 11.2 Å². The summed E-state index contributed by atoms with van der Waals surface area (Å²) in [4.78, 5) is 42.4. The number of aromatic amines is 1. The Morgan fingerprint density at radius 1 is 1.10 bits per heavy atom. The van der Waals surface area contributed by atoms with Crippen LogP contribution in [0, 0.1) is 0 Å². The molecule has 29 heavy (non-hydrogen) atoms.